The molecule has 1 saturated carbocycles. The molecule has 1 unspecified atom stereocenters. The Morgan fingerprint density at radius 3 is 2.84 bits per heavy atom. The van der Waals surface area contributed by atoms with Gasteiger partial charge in [-0.2, -0.15) is 0 Å². The van der Waals surface area contributed by atoms with Gasteiger partial charge >= 0.3 is 5.97 Å². The minimum atomic E-state index is -0.513. The fraction of sp³-hybridized carbons (Fsp3) is 0.667. The lowest BCUT2D eigenvalue weighted by molar-refractivity contribution is -0.152. The molecule has 0 saturated heterocycles. The molecule has 2 rings (SSSR count). The smallest absolute Gasteiger partial charge is 0.326 e. The Labute approximate surface area is 119 Å². The van der Waals surface area contributed by atoms with Crippen molar-refractivity contribution in [1.82, 2.24) is 5.32 Å². The van der Waals surface area contributed by atoms with Crippen molar-refractivity contribution < 1.29 is 9.53 Å². The summed E-state index contributed by atoms with van der Waals surface area (Å²) in [5.74, 6) is -0.114. The van der Waals surface area contributed by atoms with Crippen molar-refractivity contribution in [1.29, 1.82) is 0 Å². The number of rotatable bonds is 4. The molecule has 0 radical (unpaired) electrons. The number of thiophene rings is 1. The standard InChI is InChI=1S/C15H23NO2S/c1-14(2)7-5-8-15(11-14,13(17)18-3)16-10-12-6-4-9-19-12/h4,6,9,16H,5,7-8,10-11H2,1-3H3. The van der Waals surface area contributed by atoms with Gasteiger partial charge in [0.05, 0.1) is 7.11 Å². The maximum Gasteiger partial charge on any atom is 0.326 e. The molecule has 0 aromatic carbocycles. The zero-order chi connectivity index (χ0) is 13.9. The third-order valence-electron chi connectivity index (χ3n) is 3.99. The number of hydrogen-bond donors (Lipinski definition) is 1. The number of carbonyl (C=O) groups is 1. The zero-order valence-electron chi connectivity index (χ0n) is 12.0. The van der Waals surface area contributed by atoms with Crippen LogP contribution >= 0.6 is 11.3 Å². The normalized spacial score (nSPS) is 26.1. The molecule has 19 heavy (non-hydrogen) atoms. The van der Waals surface area contributed by atoms with Crippen molar-refractivity contribution >= 4 is 17.3 Å². The van der Waals surface area contributed by atoms with Crippen LogP contribution in [0.2, 0.25) is 0 Å². The largest absolute Gasteiger partial charge is 0.468 e. The van der Waals surface area contributed by atoms with Crippen LogP contribution in [0, 0.1) is 5.41 Å². The summed E-state index contributed by atoms with van der Waals surface area (Å²) < 4.78 is 5.06. The predicted molar refractivity (Wildman–Crippen MR) is 78.2 cm³/mol. The number of esters is 1. The molecule has 1 fully saturated rings. The zero-order valence-corrected chi connectivity index (χ0v) is 12.8. The maximum atomic E-state index is 12.3. The molecule has 1 heterocycles. The monoisotopic (exact) mass is 281 g/mol. The summed E-state index contributed by atoms with van der Waals surface area (Å²) in [4.78, 5) is 13.5. The minimum absolute atomic E-state index is 0.114. The van der Waals surface area contributed by atoms with Gasteiger partial charge in [0.25, 0.3) is 0 Å². The molecule has 4 heteroatoms. The van der Waals surface area contributed by atoms with Crippen LogP contribution in [-0.2, 0) is 16.1 Å². The quantitative estimate of drug-likeness (QED) is 0.860. The van der Waals surface area contributed by atoms with Gasteiger partial charge in [0.15, 0.2) is 0 Å². The third-order valence-corrected chi connectivity index (χ3v) is 4.87. The summed E-state index contributed by atoms with van der Waals surface area (Å²) in [6.07, 6.45) is 3.96. The molecule has 1 aliphatic rings. The van der Waals surface area contributed by atoms with Gasteiger partial charge in [-0.3, -0.25) is 10.1 Å². The summed E-state index contributed by atoms with van der Waals surface area (Å²) in [5, 5.41) is 5.54. The average Bonchev–Trinajstić information content (AvgIpc) is 2.87. The van der Waals surface area contributed by atoms with Crippen LogP contribution < -0.4 is 5.32 Å². The summed E-state index contributed by atoms with van der Waals surface area (Å²) in [6.45, 7) is 5.20. The number of methoxy groups -OCH3 is 1. The Hall–Kier alpha value is -0.870. The number of carbonyl (C=O) groups excluding carboxylic acids is 1. The molecule has 1 atom stereocenters. The van der Waals surface area contributed by atoms with Gasteiger partial charge in [0.1, 0.15) is 5.54 Å². The highest BCUT2D eigenvalue weighted by Gasteiger charge is 2.46. The molecule has 0 amide bonds. The first-order chi connectivity index (χ1) is 8.97. The van der Waals surface area contributed by atoms with Crippen molar-refractivity contribution in [3.05, 3.63) is 22.4 Å². The summed E-state index contributed by atoms with van der Waals surface area (Å²) in [7, 11) is 1.48. The molecule has 3 nitrogen and oxygen atoms in total. The summed E-state index contributed by atoms with van der Waals surface area (Å²) in [5.41, 5.74) is -0.324. The molecular formula is C15H23NO2S. The average molecular weight is 281 g/mol. The molecule has 106 valence electrons. The van der Waals surface area contributed by atoms with E-state index in [-0.39, 0.29) is 11.4 Å². The van der Waals surface area contributed by atoms with Gasteiger partial charge < -0.3 is 4.74 Å². The highest BCUT2D eigenvalue weighted by Crippen LogP contribution is 2.41. The second kappa shape index (κ2) is 5.63. The fourth-order valence-corrected chi connectivity index (χ4v) is 3.77. The van der Waals surface area contributed by atoms with E-state index in [1.54, 1.807) is 11.3 Å². The van der Waals surface area contributed by atoms with Crippen molar-refractivity contribution in [3.8, 4) is 0 Å². The Morgan fingerprint density at radius 1 is 1.47 bits per heavy atom. The second-order valence-electron chi connectivity index (χ2n) is 6.20. The van der Waals surface area contributed by atoms with E-state index in [0.717, 1.165) is 25.8 Å². The molecule has 1 aliphatic carbocycles. The topological polar surface area (TPSA) is 38.3 Å². The Kier molecular flexibility index (Phi) is 4.31. The van der Waals surface area contributed by atoms with E-state index in [1.165, 1.54) is 18.4 Å². The first kappa shape index (κ1) is 14.5. The lowest BCUT2D eigenvalue weighted by Gasteiger charge is -2.43. The van der Waals surface area contributed by atoms with E-state index in [0.29, 0.717) is 0 Å². The summed E-state index contributed by atoms with van der Waals surface area (Å²) >= 11 is 1.71. The highest BCUT2D eigenvalue weighted by molar-refractivity contribution is 7.09. The van der Waals surface area contributed by atoms with E-state index in [1.807, 2.05) is 6.07 Å². The van der Waals surface area contributed by atoms with E-state index in [9.17, 15) is 4.79 Å². The molecule has 1 aromatic rings. The number of hydrogen-bond acceptors (Lipinski definition) is 4. The van der Waals surface area contributed by atoms with E-state index in [4.69, 9.17) is 4.74 Å². The van der Waals surface area contributed by atoms with Crippen LogP contribution in [-0.4, -0.2) is 18.6 Å². The number of ether oxygens (including phenoxy) is 1. The van der Waals surface area contributed by atoms with Gasteiger partial charge in [-0.05, 0) is 36.1 Å². The number of nitrogens with one attached hydrogen (secondary N) is 1. The van der Waals surface area contributed by atoms with Gasteiger partial charge in [0, 0.05) is 11.4 Å². The van der Waals surface area contributed by atoms with Crippen LogP contribution in [0.25, 0.3) is 0 Å². The third kappa shape index (κ3) is 3.37. The van der Waals surface area contributed by atoms with Crippen LogP contribution in [0.1, 0.15) is 44.4 Å². The van der Waals surface area contributed by atoms with E-state index >= 15 is 0 Å². The van der Waals surface area contributed by atoms with Crippen LogP contribution in [0.15, 0.2) is 17.5 Å². The van der Waals surface area contributed by atoms with E-state index < -0.39 is 5.54 Å². The Bertz CT molecular complexity index is 427. The van der Waals surface area contributed by atoms with Crippen LogP contribution in [0.5, 0.6) is 0 Å². The molecular weight excluding hydrogens is 258 g/mol. The van der Waals surface area contributed by atoms with E-state index in [2.05, 4.69) is 30.6 Å². The van der Waals surface area contributed by atoms with Gasteiger partial charge in [0.2, 0.25) is 0 Å². The molecule has 0 spiro atoms. The molecule has 1 aromatic heterocycles. The van der Waals surface area contributed by atoms with Crippen molar-refractivity contribution in [3.63, 3.8) is 0 Å². The highest BCUT2D eigenvalue weighted by atomic mass is 32.1. The summed E-state index contributed by atoms with van der Waals surface area (Å²) in [6, 6.07) is 4.13. The van der Waals surface area contributed by atoms with Gasteiger partial charge in [-0.1, -0.05) is 26.3 Å². The minimum Gasteiger partial charge on any atom is -0.468 e. The van der Waals surface area contributed by atoms with Crippen molar-refractivity contribution in [2.75, 3.05) is 7.11 Å². The maximum absolute atomic E-state index is 12.3. The van der Waals surface area contributed by atoms with Gasteiger partial charge in [-0.25, -0.2) is 0 Å². The predicted octanol–water partition coefficient (Wildman–Crippen LogP) is 3.35. The lowest BCUT2D eigenvalue weighted by atomic mass is 9.68. The Morgan fingerprint density at radius 2 is 2.26 bits per heavy atom. The lowest BCUT2D eigenvalue weighted by Crippen LogP contribution is -2.56. The Balaban J connectivity index is 2.12. The van der Waals surface area contributed by atoms with Crippen molar-refractivity contribution in [2.45, 2.75) is 51.6 Å². The first-order valence-corrected chi connectivity index (χ1v) is 7.71. The molecule has 0 aliphatic heterocycles. The van der Waals surface area contributed by atoms with Crippen LogP contribution in [0.3, 0.4) is 0 Å². The van der Waals surface area contributed by atoms with Crippen LogP contribution in [0.4, 0.5) is 0 Å². The SMILES string of the molecule is COC(=O)C1(NCc2cccs2)CCCC(C)(C)C1. The first-order valence-electron chi connectivity index (χ1n) is 6.83. The van der Waals surface area contributed by atoms with Crippen molar-refractivity contribution in [2.24, 2.45) is 5.41 Å². The molecule has 1 N–H and O–H groups in total. The fourth-order valence-electron chi connectivity index (χ4n) is 3.12. The second-order valence-corrected chi connectivity index (χ2v) is 7.23. The van der Waals surface area contributed by atoms with Gasteiger partial charge in [-0.15, -0.1) is 11.3 Å². The molecule has 0 bridgehead atoms.